The van der Waals surface area contributed by atoms with Gasteiger partial charge in [-0.2, -0.15) is 0 Å². The second-order valence-electron chi connectivity index (χ2n) is 6.71. The van der Waals surface area contributed by atoms with E-state index in [1.807, 2.05) is 12.1 Å². The predicted octanol–water partition coefficient (Wildman–Crippen LogP) is 2.18. The second kappa shape index (κ2) is 12.5. The third-order valence-corrected chi connectivity index (χ3v) is 4.64. The molecule has 5 nitrogen and oxygen atoms in total. The average molecular weight is 477 g/mol. The number of aliphatic imine (C=N–C) groups is 1. The highest BCUT2D eigenvalue weighted by Crippen LogP contribution is 2.05. The number of halogens is 2. The SMILES string of the molecule is CCNC(=NCC(C)N1CCN(C)CC1)NCCc1ccc(F)cc1.I. The molecule has 1 aliphatic heterocycles. The largest absolute Gasteiger partial charge is 0.357 e. The van der Waals surface area contributed by atoms with Gasteiger partial charge in [-0.05, 0) is 45.0 Å². The van der Waals surface area contributed by atoms with Gasteiger partial charge in [0.05, 0.1) is 6.54 Å². The number of nitrogens with zero attached hydrogens (tertiary/aromatic N) is 3. The summed E-state index contributed by atoms with van der Waals surface area (Å²) in [4.78, 5) is 9.61. The van der Waals surface area contributed by atoms with Gasteiger partial charge in [0.15, 0.2) is 5.96 Å². The molecular formula is C19H33FIN5. The van der Waals surface area contributed by atoms with Crippen LogP contribution in [-0.4, -0.2) is 74.7 Å². The van der Waals surface area contributed by atoms with Crippen LogP contribution in [0.4, 0.5) is 4.39 Å². The Morgan fingerprint density at radius 3 is 2.42 bits per heavy atom. The van der Waals surface area contributed by atoms with Gasteiger partial charge in [-0.1, -0.05) is 12.1 Å². The summed E-state index contributed by atoms with van der Waals surface area (Å²) in [6.45, 7) is 11.2. The first-order valence-corrected chi connectivity index (χ1v) is 9.27. The van der Waals surface area contributed by atoms with Gasteiger partial charge in [0.25, 0.3) is 0 Å². The smallest absolute Gasteiger partial charge is 0.191 e. The molecule has 0 aliphatic carbocycles. The van der Waals surface area contributed by atoms with Crippen LogP contribution >= 0.6 is 24.0 Å². The molecule has 0 saturated carbocycles. The lowest BCUT2D eigenvalue weighted by Crippen LogP contribution is -2.49. The van der Waals surface area contributed by atoms with Crippen molar-refractivity contribution in [1.82, 2.24) is 20.4 Å². The predicted molar refractivity (Wildman–Crippen MR) is 118 cm³/mol. The van der Waals surface area contributed by atoms with Crippen molar-refractivity contribution in [3.63, 3.8) is 0 Å². The fourth-order valence-corrected chi connectivity index (χ4v) is 2.92. The molecule has 1 unspecified atom stereocenters. The maximum atomic E-state index is 12.9. The number of hydrogen-bond acceptors (Lipinski definition) is 3. The van der Waals surface area contributed by atoms with Gasteiger partial charge in [0.2, 0.25) is 0 Å². The molecule has 1 aliphatic rings. The van der Waals surface area contributed by atoms with Gasteiger partial charge in [-0.3, -0.25) is 9.89 Å². The van der Waals surface area contributed by atoms with Crippen molar-refractivity contribution in [2.75, 3.05) is 52.9 Å². The summed E-state index contributed by atoms with van der Waals surface area (Å²) < 4.78 is 12.9. The Bertz CT molecular complexity index is 529. The minimum Gasteiger partial charge on any atom is -0.357 e. The molecule has 1 saturated heterocycles. The first kappa shape index (κ1) is 23.1. The molecule has 0 radical (unpaired) electrons. The highest BCUT2D eigenvalue weighted by molar-refractivity contribution is 14.0. The van der Waals surface area contributed by atoms with E-state index in [2.05, 4.69) is 41.3 Å². The van der Waals surface area contributed by atoms with Crippen LogP contribution in [0.1, 0.15) is 19.4 Å². The summed E-state index contributed by atoms with van der Waals surface area (Å²) in [7, 11) is 2.18. The zero-order chi connectivity index (χ0) is 18.1. The average Bonchev–Trinajstić information content (AvgIpc) is 2.61. The van der Waals surface area contributed by atoms with Crippen LogP contribution in [0.15, 0.2) is 29.3 Å². The number of hydrogen-bond donors (Lipinski definition) is 2. The quantitative estimate of drug-likeness (QED) is 0.359. The molecule has 2 N–H and O–H groups in total. The minimum atomic E-state index is -0.190. The lowest BCUT2D eigenvalue weighted by molar-refractivity contribution is 0.122. The third kappa shape index (κ3) is 8.18. The molecule has 26 heavy (non-hydrogen) atoms. The number of guanidine groups is 1. The van der Waals surface area contributed by atoms with Crippen molar-refractivity contribution in [2.45, 2.75) is 26.3 Å². The summed E-state index contributed by atoms with van der Waals surface area (Å²) in [5, 5.41) is 6.66. The first-order valence-electron chi connectivity index (χ1n) is 9.27. The van der Waals surface area contributed by atoms with Crippen LogP contribution in [0.5, 0.6) is 0 Å². The third-order valence-electron chi connectivity index (χ3n) is 4.64. The minimum absolute atomic E-state index is 0. The Morgan fingerprint density at radius 2 is 1.81 bits per heavy atom. The molecule has 0 amide bonds. The van der Waals surface area contributed by atoms with Crippen LogP contribution < -0.4 is 10.6 Å². The molecular weight excluding hydrogens is 444 g/mol. The highest BCUT2D eigenvalue weighted by Gasteiger charge is 2.18. The van der Waals surface area contributed by atoms with Crippen LogP contribution in [0.2, 0.25) is 0 Å². The van der Waals surface area contributed by atoms with Crippen molar-refractivity contribution in [2.24, 2.45) is 4.99 Å². The van der Waals surface area contributed by atoms with E-state index in [9.17, 15) is 4.39 Å². The van der Waals surface area contributed by atoms with Crippen LogP contribution in [-0.2, 0) is 6.42 Å². The van der Waals surface area contributed by atoms with E-state index in [0.29, 0.717) is 6.04 Å². The molecule has 0 aromatic heterocycles. The topological polar surface area (TPSA) is 42.9 Å². The fourth-order valence-electron chi connectivity index (χ4n) is 2.92. The zero-order valence-corrected chi connectivity index (χ0v) is 18.5. The van der Waals surface area contributed by atoms with Crippen molar-refractivity contribution >= 4 is 29.9 Å². The van der Waals surface area contributed by atoms with Gasteiger partial charge >= 0.3 is 0 Å². The van der Waals surface area contributed by atoms with Crippen molar-refractivity contribution in [3.8, 4) is 0 Å². The Labute approximate surface area is 174 Å². The van der Waals surface area contributed by atoms with E-state index in [0.717, 1.165) is 63.8 Å². The van der Waals surface area contributed by atoms with Crippen LogP contribution in [0.3, 0.4) is 0 Å². The Balaban J connectivity index is 0.00000338. The van der Waals surface area contributed by atoms with Crippen molar-refractivity contribution in [1.29, 1.82) is 0 Å². The molecule has 0 bridgehead atoms. The highest BCUT2D eigenvalue weighted by atomic mass is 127. The van der Waals surface area contributed by atoms with E-state index in [1.165, 1.54) is 12.1 Å². The number of rotatable bonds is 7. The van der Waals surface area contributed by atoms with Gasteiger partial charge < -0.3 is 15.5 Å². The first-order chi connectivity index (χ1) is 12.1. The number of likely N-dealkylation sites (N-methyl/N-ethyl adjacent to an activating group) is 1. The summed E-state index contributed by atoms with van der Waals surface area (Å²) in [6.07, 6.45) is 0.846. The number of nitrogens with one attached hydrogen (secondary N) is 2. The Morgan fingerprint density at radius 1 is 1.15 bits per heavy atom. The standard InChI is InChI=1S/C19H32FN5.HI/c1-4-21-19(22-10-9-17-5-7-18(20)8-6-17)23-15-16(2)25-13-11-24(3)12-14-25;/h5-8,16H,4,9-15H2,1-3H3,(H2,21,22,23);1H. The molecule has 2 rings (SSSR count). The Kier molecular flexibility index (Phi) is 11.1. The fraction of sp³-hybridized carbons (Fsp3) is 0.632. The number of piperazine rings is 1. The van der Waals surface area contributed by atoms with E-state index >= 15 is 0 Å². The maximum Gasteiger partial charge on any atom is 0.191 e. The van der Waals surface area contributed by atoms with E-state index in [1.54, 1.807) is 0 Å². The molecule has 1 atom stereocenters. The van der Waals surface area contributed by atoms with Gasteiger partial charge in [0.1, 0.15) is 5.82 Å². The van der Waals surface area contributed by atoms with Crippen molar-refractivity contribution < 1.29 is 4.39 Å². The molecule has 7 heteroatoms. The van der Waals surface area contributed by atoms with Crippen molar-refractivity contribution in [3.05, 3.63) is 35.6 Å². The maximum absolute atomic E-state index is 12.9. The molecule has 1 fully saturated rings. The molecule has 1 heterocycles. The molecule has 1 aromatic carbocycles. The van der Waals surface area contributed by atoms with E-state index in [4.69, 9.17) is 4.99 Å². The van der Waals surface area contributed by atoms with Gasteiger partial charge in [-0.25, -0.2) is 4.39 Å². The summed E-state index contributed by atoms with van der Waals surface area (Å²) in [5.74, 6) is 0.662. The van der Waals surface area contributed by atoms with E-state index < -0.39 is 0 Å². The lowest BCUT2D eigenvalue weighted by atomic mass is 10.1. The normalized spacial score (nSPS) is 17.5. The monoisotopic (exact) mass is 477 g/mol. The van der Waals surface area contributed by atoms with Gasteiger partial charge in [-0.15, -0.1) is 24.0 Å². The van der Waals surface area contributed by atoms with Gasteiger partial charge in [0, 0.05) is 45.3 Å². The second-order valence-corrected chi connectivity index (χ2v) is 6.71. The van der Waals surface area contributed by atoms with Crippen LogP contribution in [0, 0.1) is 5.82 Å². The zero-order valence-electron chi connectivity index (χ0n) is 16.2. The lowest BCUT2D eigenvalue weighted by Gasteiger charge is -2.35. The van der Waals surface area contributed by atoms with E-state index in [-0.39, 0.29) is 29.8 Å². The summed E-state index contributed by atoms with van der Waals surface area (Å²) in [6, 6.07) is 7.12. The molecule has 1 aromatic rings. The molecule has 0 spiro atoms. The Hall–Kier alpha value is -0.930. The summed E-state index contributed by atoms with van der Waals surface area (Å²) >= 11 is 0. The summed E-state index contributed by atoms with van der Waals surface area (Å²) in [5.41, 5.74) is 1.12. The molecule has 148 valence electrons. The van der Waals surface area contributed by atoms with Crippen LogP contribution in [0.25, 0.3) is 0 Å². The number of benzene rings is 1.